The Kier molecular flexibility index (Phi) is 5.11. The number of nitrogens with zero attached hydrogens (tertiary/aromatic N) is 3. The second-order valence-electron chi connectivity index (χ2n) is 6.38. The van der Waals surface area contributed by atoms with E-state index in [0.717, 1.165) is 18.4 Å². The molecule has 7 nitrogen and oxygen atoms in total. The van der Waals surface area contributed by atoms with Gasteiger partial charge in [-0.05, 0) is 25.0 Å². The summed E-state index contributed by atoms with van der Waals surface area (Å²) in [6.45, 7) is 1.87. The predicted molar refractivity (Wildman–Crippen MR) is 89.6 cm³/mol. The third-order valence-electron chi connectivity index (χ3n) is 4.24. The number of amides is 1. The van der Waals surface area contributed by atoms with Gasteiger partial charge in [-0.2, -0.15) is 0 Å². The first-order valence-corrected chi connectivity index (χ1v) is 8.44. The molecule has 132 valence electrons. The van der Waals surface area contributed by atoms with Gasteiger partial charge in [-0.1, -0.05) is 25.1 Å². The number of aliphatic carboxylic acids is 1. The van der Waals surface area contributed by atoms with Crippen molar-refractivity contribution < 1.29 is 19.1 Å². The average Bonchev–Trinajstić information content (AvgIpc) is 3.35. The lowest BCUT2D eigenvalue weighted by molar-refractivity contribution is -0.143. The first-order valence-electron chi connectivity index (χ1n) is 8.44. The number of carbonyl (C=O) groups is 2. The van der Waals surface area contributed by atoms with Gasteiger partial charge in [0.15, 0.2) is 0 Å². The fourth-order valence-corrected chi connectivity index (χ4v) is 2.62. The summed E-state index contributed by atoms with van der Waals surface area (Å²) in [5, 5.41) is 17.1. The monoisotopic (exact) mass is 343 g/mol. The zero-order valence-corrected chi connectivity index (χ0v) is 14.1. The fourth-order valence-electron chi connectivity index (χ4n) is 2.62. The van der Waals surface area contributed by atoms with Crippen LogP contribution in [0.25, 0.3) is 11.5 Å². The van der Waals surface area contributed by atoms with Gasteiger partial charge in [-0.25, -0.2) is 0 Å². The number of hydrogen-bond acceptors (Lipinski definition) is 5. The van der Waals surface area contributed by atoms with E-state index >= 15 is 0 Å². The molecule has 25 heavy (non-hydrogen) atoms. The number of carboxylic acid groups (broad SMARTS) is 1. The van der Waals surface area contributed by atoms with Crippen LogP contribution in [-0.4, -0.2) is 44.7 Å². The fraction of sp³-hybridized carbons (Fsp3) is 0.444. The van der Waals surface area contributed by atoms with Gasteiger partial charge in [0.2, 0.25) is 17.7 Å². The molecule has 1 N–H and O–H groups in total. The van der Waals surface area contributed by atoms with Crippen LogP contribution in [0.3, 0.4) is 0 Å². The maximum atomic E-state index is 12.5. The van der Waals surface area contributed by atoms with Crippen LogP contribution in [0.15, 0.2) is 34.7 Å². The summed E-state index contributed by atoms with van der Waals surface area (Å²) in [5.74, 6) is -0.675. The van der Waals surface area contributed by atoms with E-state index in [0.29, 0.717) is 18.2 Å². The van der Waals surface area contributed by atoms with Crippen LogP contribution < -0.4 is 0 Å². The van der Waals surface area contributed by atoms with Crippen molar-refractivity contribution >= 4 is 11.9 Å². The van der Waals surface area contributed by atoms with E-state index < -0.39 is 11.9 Å². The predicted octanol–water partition coefficient (Wildman–Crippen LogP) is 2.38. The van der Waals surface area contributed by atoms with Crippen LogP contribution in [0.5, 0.6) is 0 Å². The van der Waals surface area contributed by atoms with Crippen molar-refractivity contribution in [1.29, 1.82) is 0 Å². The largest absolute Gasteiger partial charge is 0.481 e. The van der Waals surface area contributed by atoms with Crippen LogP contribution in [0.1, 0.15) is 32.1 Å². The quantitative estimate of drug-likeness (QED) is 0.790. The number of aryl methyl sites for hydroxylation is 1. The molecule has 0 saturated heterocycles. The summed E-state index contributed by atoms with van der Waals surface area (Å²) in [4.78, 5) is 25.2. The molecule has 0 radical (unpaired) electrons. The molecule has 1 aliphatic carbocycles. The molecule has 1 amide bonds. The Bertz CT molecular complexity index is 740. The van der Waals surface area contributed by atoms with Gasteiger partial charge < -0.3 is 14.4 Å². The molecule has 0 bridgehead atoms. The summed E-state index contributed by atoms with van der Waals surface area (Å²) in [6, 6.07) is 9.62. The minimum absolute atomic E-state index is 0.0601. The van der Waals surface area contributed by atoms with E-state index in [2.05, 4.69) is 10.2 Å². The Labute approximate surface area is 145 Å². The zero-order chi connectivity index (χ0) is 17.8. The van der Waals surface area contributed by atoms with Gasteiger partial charge in [0.25, 0.3) is 0 Å². The van der Waals surface area contributed by atoms with Gasteiger partial charge in [0.1, 0.15) is 0 Å². The van der Waals surface area contributed by atoms with E-state index in [1.54, 1.807) is 11.8 Å². The number of hydrogen-bond donors (Lipinski definition) is 1. The van der Waals surface area contributed by atoms with E-state index in [9.17, 15) is 9.59 Å². The highest BCUT2D eigenvalue weighted by Gasteiger charge is 2.34. The second-order valence-corrected chi connectivity index (χ2v) is 6.38. The molecule has 1 fully saturated rings. The molecule has 1 aliphatic rings. The summed E-state index contributed by atoms with van der Waals surface area (Å²) < 4.78 is 5.61. The molecule has 2 aromatic rings. The van der Waals surface area contributed by atoms with Crippen molar-refractivity contribution in [2.45, 2.75) is 38.6 Å². The van der Waals surface area contributed by atoms with E-state index in [1.165, 1.54) is 0 Å². The smallest absolute Gasteiger partial charge is 0.308 e. The van der Waals surface area contributed by atoms with Crippen LogP contribution >= 0.6 is 0 Å². The maximum Gasteiger partial charge on any atom is 0.308 e. The number of carbonyl (C=O) groups excluding carboxylic acids is 1. The number of benzene rings is 1. The second kappa shape index (κ2) is 7.46. The Morgan fingerprint density at radius 3 is 2.64 bits per heavy atom. The van der Waals surface area contributed by atoms with Gasteiger partial charge >= 0.3 is 5.97 Å². The Morgan fingerprint density at radius 1 is 1.28 bits per heavy atom. The van der Waals surface area contributed by atoms with Crippen LogP contribution in [0, 0.1) is 5.92 Å². The van der Waals surface area contributed by atoms with Gasteiger partial charge in [0, 0.05) is 31.0 Å². The summed E-state index contributed by atoms with van der Waals surface area (Å²) in [7, 11) is 0. The van der Waals surface area contributed by atoms with E-state index in [4.69, 9.17) is 9.52 Å². The zero-order valence-electron chi connectivity index (χ0n) is 14.1. The molecule has 1 atom stereocenters. The van der Waals surface area contributed by atoms with Crippen molar-refractivity contribution in [3.05, 3.63) is 36.2 Å². The number of carboxylic acids is 1. The summed E-state index contributed by atoms with van der Waals surface area (Å²) in [6.07, 6.45) is 2.47. The molecule has 1 aromatic carbocycles. The van der Waals surface area contributed by atoms with Crippen molar-refractivity contribution in [2.24, 2.45) is 5.92 Å². The third kappa shape index (κ3) is 4.43. The molecular formula is C18H21N3O4. The first-order chi connectivity index (χ1) is 12.0. The van der Waals surface area contributed by atoms with Crippen LogP contribution in [-0.2, 0) is 16.0 Å². The number of rotatable bonds is 8. The molecule has 0 aliphatic heterocycles. The van der Waals surface area contributed by atoms with Gasteiger partial charge in [-0.15, -0.1) is 10.2 Å². The Hall–Kier alpha value is -2.70. The van der Waals surface area contributed by atoms with E-state index in [-0.39, 0.29) is 24.9 Å². The molecule has 1 saturated carbocycles. The standard InChI is InChI=1S/C18H21N3O4/c1-12(18(23)24)11-21(14-7-8-14)16(22)10-9-15-19-20-17(25-15)13-5-3-2-4-6-13/h2-6,12,14H,7-11H2,1H3,(H,23,24). The lowest BCUT2D eigenvalue weighted by atomic mass is 10.1. The highest BCUT2D eigenvalue weighted by molar-refractivity contribution is 5.78. The van der Waals surface area contributed by atoms with Crippen molar-refractivity contribution in [1.82, 2.24) is 15.1 Å². The van der Waals surface area contributed by atoms with Crippen LogP contribution in [0.4, 0.5) is 0 Å². The van der Waals surface area contributed by atoms with Crippen molar-refractivity contribution in [3.8, 4) is 11.5 Å². The Morgan fingerprint density at radius 2 is 2.00 bits per heavy atom. The maximum absolute atomic E-state index is 12.5. The van der Waals surface area contributed by atoms with Crippen molar-refractivity contribution in [2.75, 3.05) is 6.54 Å². The van der Waals surface area contributed by atoms with Gasteiger partial charge in [0.05, 0.1) is 5.92 Å². The third-order valence-corrected chi connectivity index (χ3v) is 4.24. The summed E-state index contributed by atoms with van der Waals surface area (Å²) in [5.41, 5.74) is 0.836. The summed E-state index contributed by atoms with van der Waals surface area (Å²) >= 11 is 0. The SMILES string of the molecule is CC(CN(C(=O)CCc1nnc(-c2ccccc2)o1)C1CC1)C(=O)O. The van der Waals surface area contributed by atoms with Crippen LogP contribution in [0.2, 0.25) is 0 Å². The minimum Gasteiger partial charge on any atom is -0.481 e. The topological polar surface area (TPSA) is 96.5 Å². The van der Waals surface area contributed by atoms with Crippen molar-refractivity contribution in [3.63, 3.8) is 0 Å². The normalized spacial score (nSPS) is 14.9. The molecule has 1 unspecified atom stereocenters. The molecule has 1 aromatic heterocycles. The lowest BCUT2D eigenvalue weighted by Crippen LogP contribution is -2.38. The number of aromatic nitrogens is 2. The highest BCUT2D eigenvalue weighted by atomic mass is 16.4. The lowest BCUT2D eigenvalue weighted by Gasteiger charge is -2.24. The molecule has 1 heterocycles. The molecule has 7 heteroatoms. The highest BCUT2D eigenvalue weighted by Crippen LogP contribution is 2.28. The first kappa shape index (κ1) is 17.1. The van der Waals surface area contributed by atoms with E-state index in [1.807, 2.05) is 30.3 Å². The molecule has 0 spiro atoms. The average molecular weight is 343 g/mol. The molecular weight excluding hydrogens is 322 g/mol. The Balaban J connectivity index is 1.58. The van der Waals surface area contributed by atoms with Gasteiger partial charge in [-0.3, -0.25) is 9.59 Å². The molecule has 3 rings (SSSR count). The minimum atomic E-state index is -0.886.